The van der Waals surface area contributed by atoms with Crippen LogP contribution in [0.15, 0.2) is 0 Å². The van der Waals surface area contributed by atoms with Crippen molar-refractivity contribution in [1.82, 2.24) is 4.90 Å². The van der Waals surface area contributed by atoms with Crippen molar-refractivity contribution in [2.24, 2.45) is 0 Å². The Hall–Kier alpha value is -0.0600. The van der Waals surface area contributed by atoms with E-state index in [0.29, 0.717) is 13.2 Å². The second kappa shape index (κ2) is 10.0. The van der Waals surface area contributed by atoms with E-state index < -0.39 is 0 Å². The molecule has 0 N–H and O–H groups in total. The lowest BCUT2D eigenvalue weighted by atomic mass is 10.5. The molecule has 0 saturated heterocycles. The van der Waals surface area contributed by atoms with Crippen molar-refractivity contribution in [3.8, 4) is 0 Å². The molecule has 0 bridgehead atoms. The zero-order chi connectivity index (χ0) is 9.40. The van der Waals surface area contributed by atoms with Gasteiger partial charge in [0, 0.05) is 18.8 Å². The standard InChI is InChI=1S/C8H17NO2S.ClH/c1-4-6-10-8(12)11-7-5-9(2)3;/h4-7H2,1-3H3;1H. The molecule has 5 heteroatoms. The first-order valence-corrected chi connectivity index (χ1v) is 4.52. The molecule has 0 radical (unpaired) electrons. The molecule has 0 atom stereocenters. The van der Waals surface area contributed by atoms with Crippen LogP contribution in [0.3, 0.4) is 0 Å². The van der Waals surface area contributed by atoms with Gasteiger partial charge in [0.15, 0.2) is 0 Å². The van der Waals surface area contributed by atoms with E-state index in [4.69, 9.17) is 21.7 Å². The van der Waals surface area contributed by atoms with Gasteiger partial charge >= 0.3 is 5.24 Å². The molecular weight excluding hydrogens is 210 g/mol. The van der Waals surface area contributed by atoms with Crippen molar-refractivity contribution < 1.29 is 9.47 Å². The van der Waals surface area contributed by atoms with Gasteiger partial charge in [-0.25, -0.2) is 0 Å². The molecule has 80 valence electrons. The van der Waals surface area contributed by atoms with E-state index >= 15 is 0 Å². The lowest BCUT2D eigenvalue weighted by Crippen LogP contribution is -2.20. The zero-order valence-corrected chi connectivity index (χ0v) is 10.0. The number of hydrogen-bond donors (Lipinski definition) is 0. The van der Waals surface area contributed by atoms with Gasteiger partial charge in [-0.1, -0.05) is 6.92 Å². The predicted octanol–water partition coefficient (Wildman–Crippen LogP) is 1.70. The van der Waals surface area contributed by atoms with Gasteiger partial charge in [-0.3, -0.25) is 0 Å². The van der Waals surface area contributed by atoms with Gasteiger partial charge in [0.1, 0.15) is 6.61 Å². The van der Waals surface area contributed by atoms with Crippen LogP contribution in [-0.2, 0) is 9.47 Å². The Morgan fingerprint density at radius 1 is 1.23 bits per heavy atom. The molecule has 0 aromatic rings. The van der Waals surface area contributed by atoms with Crippen molar-refractivity contribution in [1.29, 1.82) is 0 Å². The second-order valence-electron chi connectivity index (χ2n) is 2.75. The highest BCUT2D eigenvalue weighted by atomic mass is 35.5. The largest absolute Gasteiger partial charge is 0.457 e. The summed E-state index contributed by atoms with van der Waals surface area (Å²) in [5.74, 6) is 0. The van der Waals surface area contributed by atoms with Crippen molar-refractivity contribution in [2.45, 2.75) is 13.3 Å². The van der Waals surface area contributed by atoms with Crippen LogP contribution in [0.5, 0.6) is 0 Å². The maximum atomic E-state index is 5.12. The van der Waals surface area contributed by atoms with Crippen molar-refractivity contribution in [3.63, 3.8) is 0 Å². The molecule has 3 nitrogen and oxygen atoms in total. The average molecular weight is 228 g/mol. The zero-order valence-electron chi connectivity index (χ0n) is 8.41. The van der Waals surface area contributed by atoms with E-state index in [9.17, 15) is 0 Å². The number of nitrogens with zero attached hydrogens (tertiary/aromatic N) is 1. The molecular formula is C8H18ClNO2S. The minimum Gasteiger partial charge on any atom is -0.457 e. The van der Waals surface area contributed by atoms with Gasteiger partial charge in [0.25, 0.3) is 0 Å². The van der Waals surface area contributed by atoms with E-state index in [1.54, 1.807) is 0 Å². The molecule has 13 heavy (non-hydrogen) atoms. The summed E-state index contributed by atoms with van der Waals surface area (Å²) in [6.45, 7) is 4.12. The van der Waals surface area contributed by atoms with Crippen LogP contribution in [0.25, 0.3) is 0 Å². The van der Waals surface area contributed by atoms with Crippen LogP contribution in [0.4, 0.5) is 0 Å². The maximum absolute atomic E-state index is 5.12. The van der Waals surface area contributed by atoms with E-state index in [1.807, 2.05) is 25.9 Å². The van der Waals surface area contributed by atoms with E-state index in [-0.39, 0.29) is 17.6 Å². The Bertz CT molecular complexity index is 133. The van der Waals surface area contributed by atoms with E-state index in [1.165, 1.54) is 0 Å². The number of rotatable bonds is 5. The third kappa shape index (κ3) is 11.9. The van der Waals surface area contributed by atoms with Crippen LogP contribution >= 0.6 is 24.6 Å². The predicted molar refractivity (Wildman–Crippen MR) is 60.6 cm³/mol. The average Bonchev–Trinajstić information content (AvgIpc) is 2.00. The first kappa shape index (κ1) is 15.4. The molecule has 0 saturated carbocycles. The van der Waals surface area contributed by atoms with Crippen molar-refractivity contribution in [2.75, 3.05) is 33.9 Å². The third-order valence-corrected chi connectivity index (χ3v) is 1.42. The SMILES string of the molecule is CCCOC(=S)OCCN(C)C.Cl. The molecule has 0 amide bonds. The van der Waals surface area contributed by atoms with Crippen LogP contribution in [-0.4, -0.2) is 44.0 Å². The summed E-state index contributed by atoms with van der Waals surface area (Å²) in [5, 5.41) is 0.263. The summed E-state index contributed by atoms with van der Waals surface area (Å²) in [6.07, 6.45) is 0.956. The Labute approximate surface area is 91.8 Å². The van der Waals surface area contributed by atoms with Crippen molar-refractivity contribution in [3.05, 3.63) is 0 Å². The molecule has 0 aliphatic heterocycles. The summed E-state index contributed by atoms with van der Waals surface area (Å²) in [7, 11) is 3.97. The molecule has 0 fully saturated rings. The summed E-state index contributed by atoms with van der Waals surface area (Å²) in [4.78, 5) is 2.03. The third-order valence-electron chi connectivity index (χ3n) is 1.18. The molecule has 0 aromatic heterocycles. The molecule has 0 aliphatic rings. The van der Waals surface area contributed by atoms with Gasteiger partial charge in [-0.2, -0.15) is 0 Å². The van der Waals surface area contributed by atoms with Crippen LogP contribution in [0.2, 0.25) is 0 Å². The molecule has 0 aliphatic carbocycles. The highest BCUT2D eigenvalue weighted by Crippen LogP contribution is 1.88. The summed E-state index contributed by atoms with van der Waals surface area (Å²) >= 11 is 4.81. The first-order chi connectivity index (χ1) is 5.66. The fourth-order valence-electron chi connectivity index (χ4n) is 0.539. The van der Waals surface area contributed by atoms with Gasteiger partial charge < -0.3 is 14.4 Å². The normalized spacial score (nSPS) is 9.23. The van der Waals surface area contributed by atoms with Gasteiger partial charge in [0.2, 0.25) is 0 Å². The topological polar surface area (TPSA) is 21.7 Å². The van der Waals surface area contributed by atoms with Crippen molar-refractivity contribution >= 4 is 29.9 Å². The van der Waals surface area contributed by atoms with Crippen LogP contribution < -0.4 is 0 Å². The fourth-order valence-corrected chi connectivity index (χ4v) is 0.705. The second-order valence-corrected chi connectivity index (χ2v) is 3.08. The Morgan fingerprint density at radius 2 is 1.77 bits per heavy atom. The lowest BCUT2D eigenvalue weighted by molar-refractivity contribution is 0.164. The number of halogens is 1. The Kier molecular flexibility index (Phi) is 11.9. The van der Waals surface area contributed by atoms with Gasteiger partial charge in [-0.15, -0.1) is 12.4 Å². The number of likely N-dealkylation sites (N-methyl/N-ethyl adjacent to an activating group) is 1. The monoisotopic (exact) mass is 227 g/mol. The van der Waals surface area contributed by atoms with Crippen LogP contribution in [0.1, 0.15) is 13.3 Å². The summed E-state index contributed by atoms with van der Waals surface area (Å²) in [6, 6.07) is 0. The number of thiocarbonyl (C=S) groups is 1. The Balaban J connectivity index is 0. The minimum absolute atomic E-state index is 0. The quantitative estimate of drug-likeness (QED) is 0.667. The smallest absolute Gasteiger partial charge is 0.352 e. The van der Waals surface area contributed by atoms with E-state index in [0.717, 1.165) is 13.0 Å². The number of hydrogen-bond acceptors (Lipinski definition) is 4. The van der Waals surface area contributed by atoms with Gasteiger partial charge in [0.05, 0.1) is 6.61 Å². The molecule has 0 heterocycles. The Morgan fingerprint density at radius 3 is 2.23 bits per heavy atom. The summed E-state index contributed by atoms with van der Waals surface area (Å²) < 4.78 is 10.2. The molecule has 0 aromatic carbocycles. The first-order valence-electron chi connectivity index (χ1n) is 4.11. The summed E-state index contributed by atoms with van der Waals surface area (Å²) in [5.41, 5.74) is 0. The number of ether oxygens (including phenoxy) is 2. The maximum Gasteiger partial charge on any atom is 0.352 e. The highest BCUT2D eigenvalue weighted by Gasteiger charge is 1.97. The van der Waals surface area contributed by atoms with Gasteiger partial charge in [-0.05, 0) is 20.5 Å². The van der Waals surface area contributed by atoms with E-state index in [2.05, 4.69) is 0 Å². The van der Waals surface area contributed by atoms with Crippen LogP contribution in [0, 0.1) is 0 Å². The minimum atomic E-state index is 0. The molecule has 0 spiro atoms. The molecule has 0 unspecified atom stereocenters. The molecule has 0 rings (SSSR count). The fraction of sp³-hybridized carbons (Fsp3) is 0.875. The lowest BCUT2D eigenvalue weighted by Gasteiger charge is -2.11. The highest BCUT2D eigenvalue weighted by molar-refractivity contribution is 7.79.